The summed E-state index contributed by atoms with van der Waals surface area (Å²) >= 11 is 0. The van der Waals surface area contributed by atoms with Crippen LogP contribution in [0.1, 0.15) is 28.9 Å². The Kier molecular flexibility index (Phi) is 5.74. The largest absolute Gasteiger partial charge is 0.333 e. The number of hydrogen-bond acceptors (Lipinski definition) is 4. The Morgan fingerprint density at radius 3 is 3.00 bits per heavy atom. The lowest BCUT2D eigenvalue weighted by atomic mass is 10.2. The molecule has 1 aromatic heterocycles. The summed E-state index contributed by atoms with van der Waals surface area (Å²) in [5, 5.41) is 11.3. The van der Waals surface area contributed by atoms with Crippen molar-refractivity contribution in [1.82, 2.24) is 25.2 Å². The van der Waals surface area contributed by atoms with Gasteiger partial charge in [0.25, 0.3) is 5.91 Å². The van der Waals surface area contributed by atoms with Crippen LogP contribution < -0.4 is 5.32 Å². The van der Waals surface area contributed by atoms with Gasteiger partial charge in [0.15, 0.2) is 5.69 Å². The molecule has 1 atom stereocenters. The van der Waals surface area contributed by atoms with E-state index in [4.69, 9.17) is 0 Å². The predicted molar refractivity (Wildman–Crippen MR) is 91.3 cm³/mol. The van der Waals surface area contributed by atoms with Gasteiger partial charge < -0.3 is 10.2 Å². The number of amides is 1. The van der Waals surface area contributed by atoms with E-state index in [1.54, 1.807) is 10.9 Å². The topological polar surface area (TPSA) is 63.1 Å². The molecule has 0 saturated carbocycles. The number of hydrogen-bond donors (Lipinski definition) is 1. The summed E-state index contributed by atoms with van der Waals surface area (Å²) in [5.41, 5.74) is 2.47. The fourth-order valence-electron chi connectivity index (χ4n) is 2.96. The molecular formula is C16H22ClN5O. The van der Waals surface area contributed by atoms with Crippen LogP contribution in [0.25, 0.3) is 5.69 Å². The molecule has 6 nitrogen and oxygen atoms in total. The molecule has 2 heterocycles. The third kappa shape index (κ3) is 3.71. The average Bonchev–Trinajstić information content (AvgIpc) is 3.16. The van der Waals surface area contributed by atoms with Crippen molar-refractivity contribution < 1.29 is 4.79 Å². The lowest BCUT2D eigenvalue weighted by Crippen LogP contribution is -2.41. The van der Waals surface area contributed by atoms with E-state index in [1.165, 1.54) is 0 Å². The molecule has 2 aromatic rings. The molecule has 1 saturated heterocycles. The molecule has 1 aliphatic heterocycles. The van der Waals surface area contributed by atoms with Gasteiger partial charge in [-0.05, 0) is 44.5 Å². The molecule has 0 aliphatic carbocycles. The number of aromatic nitrogens is 3. The van der Waals surface area contributed by atoms with Gasteiger partial charge in [-0.1, -0.05) is 17.3 Å². The first kappa shape index (κ1) is 17.4. The van der Waals surface area contributed by atoms with Crippen LogP contribution in [0.3, 0.4) is 0 Å². The monoisotopic (exact) mass is 335 g/mol. The molecule has 124 valence electrons. The molecule has 1 aliphatic rings. The van der Waals surface area contributed by atoms with Crippen molar-refractivity contribution in [2.45, 2.75) is 25.8 Å². The van der Waals surface area contributed by atoms with Crippen molar-refractivity contribution in [3.63, 3.8) is 0 Å². The SMILES string of the molecule is CNCC1CCCN1C(=O)c1cn(-c2cccc(C)c2)nn1.Cl. The van der Waals surface area contributed by atoms with Crippen molar-refractivity contribution in [2.24, 2.45) is 0 Å². The smallest absolute Gasteiger partial charge is 0.276 e. The molecule has 1 aromatic carbocycles. The highest BCUT2D eigenvalue weighted by Crippen LogP contribution is 2.19. The number of aryl methyl sites for hydroxylation is 1. The molecule has 0 bridgehead atoms. The van der Waals surface area contributed by atoms with Crippen LogP contribution in [-0.4, -0.2) is 52.0 Å². The van der Waals surface area contributed by atoms with Crippen LogP contribution in [0.15, 0.2) is 30.5 Å². The van der Waals surface area contributed by atoms with Crippen LogP contribution in [0.2, 0.25) is 0 Å². The predicted octanol–water partition coefficient (Wildman–Crippen LogP) is 1.82. The Labute approximate surface area is 142 Å². The number of likely N-dealkylation sites (tertiary alicyclic amines) is 1. The van der Waals surface area contributed by atoms with Gasteiger partial charge in [0.2, 0.25) is 0 Å². The number of nitrogens with zero attached hydrogens (tertiary/aromatic N) is 4. The highest BCUT2D eigenvalue weighted by Gasteiger charge is 2.30. The second-order valence-electron chi connectivity index (χ2n) is 5.74. The number of carbonyl (C=O) groups is 1. The van der Waals surface area contributed by atoms with Gasteiger partial charge in [-0.15, -0.1) is 17.5 Å². The van der Waals surface area contributed by atoms with Crippen LogP contribution in [0, 0.1) is 6.92 Å². The zero-order chi connectivity index (χ0) is 15.5. The van der Waals surface area contributed by atoms with Gasteiger partial charge in [0.05, 0.1) is 11.9 Å². The van der Waals surface area contributed by atoms with Gasteiger partial charge in [0, 0.05) is 19.1 Å². The second kappa shape index (κ2) is 7.57. The summed E-state index contributed by atoms with van der Waals surface area (Å²) in [6, 6.07) is 8.22. The first-order valence-corrected chi connectivity index (χ1v) is 7.64. The summed E-state index contributed by atoms with van der Waals surface area (Å²) in [4.78, 5) is 14.5. The standard InChI is InChI=1S/C16H21N5O.ClH/c1-12-5-3-6-13(9-12)21-11-15(18-19-21)16(22)20-8-4-7-14(20)10-17-2;/h3,5-6,9,11,14,17H,4,7-8,10H2,1-2H3;1H. The molecule has 1 fully saturated rings. The lowest BCUT2D eigenvalue weighted by Gasteiger charge is -2.23. The Morgan fingerprint density at radius 2 is 2.26 bits per heavy atom. The van der Waals surface area contributed by atoms with E-state index in [2.05, 4.69) is 15.6 Å². The van der Waals surface area contributed by atoms with Crippen LogP contribution in [0.5, 0.6) is 0 Å². The van der Waals surface area contributed by atoms with Gasteiger partial charge in [0.1, 0.15) is 0 Å². The minimum atomic E-state index is -0.0309. The van der Waals surface area contributed by atoms with E-state index >= 15 is 0 Å². The third-order valence-corrected chi connectivity index (χ3v) is 4.06. The van der Waals surface area contributed by atoms with Crippen molar-refractivity contribution in [3.05, 3.63) is 41.7 Å². The van der Waals surface area contributed by atoms with Crippen molar-refractivity contribution in [3.8, 4) is 5.69 Å². The molecule has 1 unspecified atom stereocenters. The Bertz CT molecular complexity index is 672. The first-order valence-electron chi connectivity index (χ1n) is 7.64. The van der Waals surface area contributed by atoms with E-state index in [-0.39, 0.29) is 24.4 Å². The van der Waals surface area contributed by atoms with E-state index in [0.29, 0.717) is 5.69 Å². The van der Waals surface area contributed by atoms with Gasteiger partial charge >= 0.3 is 0 Å². The van der Waals surface area contributed by atoms with Gasteiger partial charge in [-0.3, -0.25) is 4.79 Å². The first-order chi connectivity index (χ1) is 10.7. The summed E-state index contributed by atoms with van der Waals surface area (Å²) in [7, 11) is 1.91. The average molecular weight is 336 g/mol. The number of benzene rings is 1. The molecule has 0 spiro atoms. The maximum atomic E-state index is 12.6. The molecular weight excluding hydrogens is 314 g/mol. The highest BCUT2D eigenvalue weighted by atomic mass is 35.5. The van der Waals surface area contributed by atoms with E-state index in [9.17, 15) is 4.79 Å². The van der Waals surface area contributed by atoms with E-state index < -0.39 is 0 Å². The van der Waals surface area contributed by atoms with Crippen molar-refractivity contribution in [1.29, 1.82) is 0 Å². The minimum Gasteiger partial charge on any atom is -0.333 e. The Morgan fingerprint density at radius 1 is 1.43 bits per heavy atom. The molecule has 7 heteroatoms. The molecule has 23 heavy (non-hydrogen) atoms. The second-order valence-corrected chi connectivity index (χ2v) is 5.74. The number of halogens is 1. The summed E-state index contributed by atoms with van der Waals surface area (Å²) in [5.74, 6) is -0.0309. The Hall–Kier alpha value is -1.92. The van der Waals surface area contributed by atoms with Crippen molar-refractivity contribution in [2.75, 3.05) is 20.1 Å². The van der Waals surface area contributed by atoms with E-state index in [0.717, 1.165) is 37.2 Å². The zero-order valence-electron chi connectivity index (χ0n) is 13.4. The molecule has 3 rings (SSSR count). The summed E-state index contributed by atoms with van der Waals surface area (Å²) in [6.07, 6.45) is 3.80. The fourth-order valence-corrected chi connectivity index (χ4v) is 2.96. The van der Waals surface area contributed by atoms with Crippen LogP contribution >= 0.6 is 12.4 Å². The Balaban J connectivity index is 0.00000192. The maximum Gasteiger partial charge on any atom is 0.276 e. The molecule has 1 amide bonds. The van der Waals surface area contributed by atoms with Gasteiger partial charge in [-0.25, -0.2) is 4.68 Å². The van der Waals surface area contributed by atoms with Gasteiger partial charge in [-0.2, -0.15) is 0 Å². The number of rotatable bonds is 4. The number of likely N-dealkylation sites (N-methyl/N-ethyl adjacent to an activating group) is 1. The summed E-state index contributed by atoms with van der Waals surface area (Å²) in [6.45, 7) is 3.64. The zero-order valence-corrected chi connectivity index (χ0v) is 14.2. The van der Waals surface area contributed by atoms with Crippen LogP contribution in [-0.2, 0) is 0 Å². The quantitative estimate of drug-likeness (QED) is 0.925. The van der Waals surface area contributed by atoms with E-state index in [1.807, 2.05) is 43.1 Å². The highest BCUT2D eigenvalue weighted by molar-refractivity contribution is 5.92. The fraction of sp³-hybridized carbons (Fsp3) is 0.438. The minimum absolute atomic E-state index is 0. The third-order valence-electron chi connectivity index (χ3n) is 4.06. The number of nitrogens with one attached hydrogen (secondary N) is 1. The maximum absolute atomic E-state index is 12.6. The van der Waals surface area contributed by atoms with Crippen molar-refractivity contribution >= 4 is 18.3 Å². The summed E-state index contributed by atoms with van der Waals surface area (Å²) < 4.78 is 1.66. The number of carbonyl (C=O) groups excluding carboxylic acids is 1. The molecule has 1 N–H and O–H groups in total. The molecule has 0 radical (unpaired) electrons. The van der Waals surface area contributed by atoms with Crippen LogP contribution in [0.4, 0.5) is 0 Å². The lowest BCUT2D eigenvalue weighted by molar-refractivity contribution is 0.0731. The normalized spacial score (nSPS) is 17.1.